The topological polar surface area (TPSA) is 3.88 Å². The van der Waals surface area contributed by atoms with Crippen LogP contribution in [0.25, 0.3) is 10.9 Å². The summed E-state index contributed by atoms with van der Waals surface area (Å²) in [6, 6.07) is 12.2. The first-order chi connectivity index (χ1) is 6.33. The van der Waals surface area contributed by atoms with Gasteiger partial charge in [-0.1, -0.05) is 12.1 Å². The highest BCUT2D eigenvalue weighted by Gasteiger charge is 2.10. The third-order valence-electron chi connectivity index (χ3n) is 2.20. The first kappa shape index (κ1) is 11.3. The summed E-state index contributed by atoms with van der Waals surface area (Å²) in [5.74, 6) is 0. The number of halogens is 2. The minimum Gasteiger partial charge on any atom is -1.00 e. The van der Waals surface area contributed by atoms with Gasteiger partial charge in [-0.05, 0) is 30.7 Å². The molecule has 0 fully saturated rings. The van der Waals surface area contributed by atoms with Gasteiger partial charge < -0.3 is 12.4 Å². The molecule has 1 aromatic carbocycles. The van der Waals surface area contributed by atoms with Gasteiger partial charge in [0.2, 0.25) is 5.52 Å². The highest BCUT2D eigenvalue weighted by molar-refractivity contribution is 6.28. The van der Waals surface area contributed by atoms with E-state index in [0.717, 1.165) is 11.7 Å². The quantitative estimate of drug-likeness (QED) is 0.470. The molecule has 0 aliphatic heterocycles. The molecule has 0 spiro atoms. The molecule has 2 rings (SSSR count). The molecule has 1 nitrogen and oxygen atoms in total. The third-order valence-corrected chi connectivity index (χ3v) is 2.53. The average molecular weight is 228 g/mol. The van der Waals surface area contributed by atoms with E-state index in [4.69, 9.17) is 11.6 Å². The molecule has 14 heavy (non-hydrogen) atoms. The highest BCUT2D eigenvalue weighted by Crippen LogP contribution is 2.12. The van der Waals surface area contributed by atoms with Gasteiger partial charge in [0, 0.05) is 17.5 Å². The van der Waals surface area contributed by atoms with Crippen molar-refractivity contribution < 1.29 is 17.0 Å². The van der Waals surface area contributed by atoms with Crippen LogP contribution >= 0.6 is 11.6 Å². The van der Waals surface area contributed by atoms with Crippen LogP contribution in [0, 0.1) is 0 Å². The number of aryl methyl sites for hydroxylation is 1. The van der Waals surface area contributed by atoms with Crippen LogP contribution in [0.2, 0.25) is 5.15 Å². The maximum Gasteiger partial charge on any atom is 0.275 e. The molecule has 0 saturated heterocycles. The van der Waals surface area contributed by atoms with Gasteiger partial charge in [-0.15, -0.1) is 0 Å². The molecule has 3 heteroatoms. The van der Waals surface area contributed by atoms with Gasteiger partial charge in [0.15, 0.2) is 0 Å². The predicted octanol–water partition coefficient (Wildman–Crippen LogP) is -0.195. The normalized spacial score (nSPS) is 9.86. The Hall–Kier alpha value is -0.790. The minimum atomic E-state index is 0. The SMILES string of the molecule is CC[n+]1c(Cl)ccc2ccccc21.[Cl-]. The van der Waals surface area contributed by atoms with E-state index in [2.05, 4.69) is 23.6 Å². The molecule has 0 unspecified atom stereocenters. The summed E-state index contributed by atoms with van der Waals surface area (Å²) in [4.78, 5) is 0. The van der Waals surface area contributed by atoms with E-state index in [9.17, 15) is 0 Å². The molecular formula is C11H11Cl2N. The van der Waals surface area contributed by atoms with Crippen LogP contribution < -0.4 is 17.0 Å². The Balaban J connectivity index is 0.000000980. The fourth-order valence-corrected chi connectivity index (χ4v) is 1.83. The molecule has 0 radical (unpaired) electrons. The maximum atomic E-state index is 6.07. The van der Waals surface area contributed by atoms with Crippen molar-refractivity contribution in [1.82, 2.24) is 0 Å². The second kappa shape index (κ2) is 4.63. The van der Waals surface area contributed by atoms with E-state index in [1.165, 1.54) is 10.9 Å². The summed E-state index contributed by atoms with van der Waals surface area (Å²) in [5, 5.41) is 2.02. The number of para-hydroxylation sites is 1. The van der Waals surface area contributed by atoms with Crippen LogP contribution in [0.15, 0.2) is 36.4 Å². The number of nitrogens with zero attached hydrogens (tertiary/aromatic N) is 1. The highest BCUT2D eigenvalue weighted by atomic mass is 35.5. The summed E-state index contributed by atoms with van der Waals surface area (Å²) in [5.41, 5.74) is 1.19. The average Bonchev–Trinajstić information content (AvgIpc) is 2.18. The molecule has 0 amide bonds. The van der Waals surface area contributed by atoms with Gasteiger partial charge in [-0.25, -0.2) is 0 Å². The second-order valence-electron chi connectivity index (χ2n) is 2.96. The van der Waals surface area contributed by atoms with Crippen LogP contribution in [0.1, 0.15) is 6.92 Å². The monoisotopic (exact) mass is 227 g/mol. The zero-order valence-corrected chi connectivity index (χ0v) is 9.39. The van der Waals surface area contributed by atoms with E-state index in [0.29, 0.717) is 0 Å². The summed E-state index contributed by atoms with van der Waals surface area (Å²) >= 11 is 6.07. The van der Waals surface area contributed by atoms with Crippen molar-refractivity contribution in [2.24, 2.45) is 0 Å². The van der Waals surface area contributed by atoms with Gasteiger partial charge in [0.25, 0.3) is 5.15 Å². The lowest BCUT2D eigenvalue weighted by molar-refractivity contribution is -0.665. The molecule has 0 bridgehead atoms. The van der Waals surface area contributed by atoms with E-state index in [1.807, 2.05) is 24.3 Å². The van der Waals surface area contributed by atoms with E-state index in [1.54, 1.807) is 0 Å². The number of hydrogen-bond donors (Lipinski definition) is 0. The van der Waals surface area contributed by atoms with Crippen molar-refractivity contribution in [3.05, 3.63) is 41.6 Å². The molecule has 74 valence electrons. The fraction of sp³-hybridized carbons (Fsp3) is 0.182. The Morgan fingerprint density at radius 3 is 2.57 bits per heavy atom. The Morgan fingerprint density at radius 1 is 1.14 bits per heavy atom. The van der Waals surface area contributed by atoms with Gasteiger partial charge in [-0.3, -0.25) is 0 Å². The Bertz CT molecular complexity index is 440. The van der Waals surface area contributed by atoms with Gasteiger partial charge in [0.1, 0.15) is 6.54 Å². The molecular weight excluding hydrogens is 217 g/mol. The largest absolute Gasteiger partial charge is 1.00 e. The lowest BCUT2D eigenvalue weighted by Gasteiger charge is -1.99. The molecule has 2 aromatic rings. The zero-order valence-electron chi connectivity index (χ0n) is 7.87. The third kappa shape index (κ3) is 1.84. The number of rotatable bonds is 1. The lowest BCUT2D eigenvalue weighted by atomic mass is 10.2. The minimum absolute atomic E-state index is 0. The molecule has 0 N–H and O–H groups in total. The summed E-state index contributed by atoms with van der Waals surface area (Å²) in [7, 11) is 0. The van der Waals surface area contributed by atoms with E-state index >= 15 is 0 Å². The van der Waals surface area contributed by atoms with Gasteiger partial charge in [-0.2, -0.15) is 4.57 Å². The first-order valence-corrected chi connectivity index (χ1v) is 4.78. The fourth-order valence-electron chi connectivity index (χ4n) is 1.56. The molecule has 0 saturated carbocycles. The Kier molecular flexibility index (Phi) is 3.73. The number of hydrogen-bond acceptors (Lipinski definition) is 0. The number of aromatic nitrogens is 1. The summed E-state index contributed by atoms with van der Waals surface area (Å²) < 4.78 is 2.09. The van der Waals surface area contributed by atoms with E-state index < -0.39 is 0 Å². The van der Waals surface area contributed by atoms with Crippen LogP contribution in [0.4, 0.5) is 0 Å². The van der Waals surface area contributed by atoms with E-state index in [-0.39, 0.29) is 12.4 Å². The van der Waals surface area contributed by atoms with Crippen LogP contribution in [-0.2, 0) is 6.54 Å². The molecule has 0 aliphatic carbocycles. The lowest BCUT2D eigenvalue weighted by Crippen LogP contribution is -3.00. The smallest absolute Gasteiger partial charge is 0.275 e. The maximum absolute atomic E-state index is 6.07. The van der Waals surface area contributed by atoms with Crippen molar-refractivity contribution in [2.75, 3.05) is 0 Å². The standard InChI is InChI=1S/C11H11ClN.ClH/c1-2-13-10-6-4-3-5-9(10)7-8-11(13)12;/h3-8H,2H2,1H3;1H/q+1;/p-1. The van der Waals surface area contributed by atoms with Gasteiger partial charge in [0.05, 0.1) is 0 Å². The zero-order chi connectivity index (χ0) is 9.26. The van der Waals surface area contributed by atoms with Crippen molar-refractivity contribution in [2.45, 2.75) is 13.5 Å². The Morgan fingerprint density at radius 2 is 1.86 bits per heavy atom. The number of benzene rings is 1. The molecule has 1 heterocycles. The van der Waals surface area contributed by atoms with Crippen molar-refractivity contribution >= 4 is 22.5 Å². The molecule has 0 atom stereocenters. The molecule has 0 aliphatic rings. The summed E-state index contributed by atoms with van der Waals surface area (Å²) in [6.07, 6.45) is 0. The van der Waals surface area contributed by atoms with Gasteiger partial charge >= 0.3 is 0 Å². The number of fused-ring (bicyclic) bond motifs is 1. The Labute approximate surface area is 94.7 Å². The molecule has 1 aromatic heterocycles. The van der Waals surface area contributed by atoms with Crippen molar-refractivity contribution in [3.8, 4) is 0 Å². The van der Waals surface area contributed by atoms with Crippen molar-refractivity contribution in [1.29, 1.82) is 0 Å². The van der Waals surface area contributed by atoms with Crippen LogP contribution in [0.5, 0.6) is 0 Å². The van der Waals surface area contributed by atoms with Crippen LogP contribution in [-0.4, -0.2) is 0 Å². The predicted molar refractivity (Wildman–Crippen MR) is 54.8 cm³/mol. The first-order valence-electron chi connectivity index (χ1n) is 4.40. The summed E-state index contributed by atoms with van der Waals surface area (Å²) in [6.45, 7) is 3.00. The number of pyridine rings is 1. The van der Waals surface area contributed by atoms with Crippen molar-refractivity contribution in [3.63, 3.8) is 0 Å². The second-order valence-corrected chi connectivity index (χ2v) is 3.35. The van der Waals surface area contributed by atoms with Crippen LogP contribution in [0.3, 0.4) is 0 Å².